The molecule has 0 amide bonds. The number of nitrogens with two attached hydrogens (primary N) is 2. The Labute approximate surface area is 149 Å². The van der Waals surface area contributed by atoms with Crippen LogP contribution in [-0.2, 0) is 4.79 Å². The van der Waals surface area contributed by atoms with Crippen LogP contribution in [-0.4, -0.2) is 23.2 Å². The van der Waals surface area contributed by atoms with Crippen LogP contribution >= 0.6 is 0 Å². The van der Waals surface area contributed by atoms with Crippen LogP contribution in [0.5, 0.6) is 0 Å². The van der Waals surface area contributed by atoms with E-state index < -0.39 is 11.5 Å². The van der Waals surface area contributed by atoms with Crippen molar-refractivity contribution in [1.29, 1.82) is 0 Å². The number of carboxylic acids is 1. The molecule has 0 aromatic heterocycles. The van der Waals surface area contributed by atoms with Crippen molar-refractivity contribution in [3.63, 3.8) is 0 Å². The summed E-state index contributed by atoms with van der Waals surface area (Å²) in [7, 11) is 0. The number of unbranched alkanes of at least 4 members (excludes halogenated alkanes) is 9. The van der Waals surface area contributed by atoms with Crippen molar-refractivity contribution in [2.45, 2.75) is 109 Å². The lowest BCUT2D eigenvalue weighted by Crippen LogP contribution is -2.54. The Balaban J connectivity index is 4.06. The molecule has 4 heteroatoms. The van der Waals surface area contributed by atoms with Crippen molar-refractivity contribution in [2.24, 2.45) is 17.4 Å². The summed E-state index contributed by atoms with van der Waals surface area (Å²) in [6.07, 6.45) is 15.5. The van der Waals surface area contributed by atoms with Crippen molar-refractivity contribution in [2.75, 3.05) is 6.54 Å². The van der Waals surface area contributed by atoms with E-state index in [4.69, 9.17) is 11.5 Å². The largest absolute Gasteiger partial charge is 0.480 e. The van der Waals surface area contributed by atoms with Gasteiger partial charge in [-0.2, -0.15) is 0 Å². The lowest BCUT2D eigenvalue weighted by atomic mass is 9.76. The van der Waals surface area contributed by atoms with Crippen molar-refractivity contribution in [3.05, 3.63) is 0 Å². The normalized spacial score (nSPS) is 15.2. The average molecular weight is 343 g/mol. The minimum absolute atomic E-state index is 0.0670. The van der Waals surface area contributed by atoms with Gasteiger partial charge in [0.1, 0.15) is 5.54 Å². The van der Waals surface area contributed by atoms with E-state index in [0.717, 1.165) is 32.1 Å². The van der Waals surface area contributed by atoms with E-state index in [1.807, 2.05) is 0 Å². The first-order chi connectivity index (χ1) is 11.5. The third kappa shape index (κ3) is 9.63. The minimum Gasteiger partial charge on any atom is -0.480 e. The first-order valence-electron chi connectivity index (χ1n) is 10.2. The van der Waals surface area contributed by atoms with Gasteiger partial charge in [0, 0.05) is 0 Å². The number of carbonyl (C=O) groups is 1. The molecule has 0 bridgehead atoms. The summed E-state index contributed by atoms with van der Waals surface area (Å²) in [5, 5.41) is 9.62. The van der Waals surface area contributed by atoms with E-state index in [0.29, 0.717) is 13.0 Å². The standard InChI is InChI=1S/C20H42N2O2/c1-3-5-6-7-8-9-10-11-12-15-18(4-2)20(22,19(23)24)16-13-14-17-21/h18H,3-17,21-22H2,1-2H3,(H,23,24)/t18?,20-/m1/s1. The van der Waals surface area contributed by atoms with E-state index in [-0.39, 0.29) is 5.92 Å². The highest BCUT2D eigenvalue weighted by Gasteiger charge is 2.40. The molecule has 24 heavy (non-hydrogen) atoms. The average Bonchev–Trinajstić information content (AvgIpc) is 2.56. The maximum absolute atomic E-state index is 11.7. The Hall–Kier alpha value is -0.610. The molecular weight excluding hydrogens is 300 g/mol. The van der Waals surface area contributed by atoms with Crippen LogP contribution in [0.1, 0.15) is 104 Å². The smallest absolute Gasteiger partial charge is 0.323 e. The van der Waals surface area contributed by atoms with Gasteiger partial charge in [0.2, 0.25) is 0 Å². The molecule has 2 atom stereocenters. The number of aliphatic carboxylic acids is 1. The van der Waals surface area contributed by atoms with E-state index in [1.165, 1.54) is 51.4 Å². The zero-order chi connectivity index (χ0) is 18.3. The van der Waals surface area contributed by atoms with Crippen LogP contribution < -0.4 is 11.5 Å². The topological polar surface area (TPSA) is 89.3 Å². The molecule has 0 spiro atoms. The van der Waals surface area contributed by atoms with Crippen LogP contribution in [0.2, 0.25) is 0 Å². The molecule has 5 N–H and O–H groups in total. The molecule has 0 aliphatic heterocycles. The predicted octanol–water partition coefficient (Wildman–Crippen LogP) is 4.84. The Morgan fingerprint density at radius 2 is 1.46 bits per heavy atom. The summed E-state index contributed by atoms with van der Waals surface area (Å²) in [4.78, 5) is 11.7. The van der Waals surface area contributed by atoms with Gasteiger partial charge in [-0.05, 0) is 38.1 Å². The molecule has 0 rings (SSSR count). The van der Waals surface area contributed by atoms with Gasteiger partial charge in [-0.15, -0.1) is 0 Å². The molecule has 0 aromatic carbocycles. The van der Waals surface area contributed by atoms with Gasteiger partial charge >= 0.3 is 5.97 Å². The fourth-order valence-corrected chi connectivity index (χ4v) is 3.57. The van der Waals surface area contributed by atoms with Gasteiger partial charge in [-0.3, -0.25) is 4.79 Å². The third-order valence-electron chi connectivity index (χ3n) is 5.32. The number of hydrogen-bond donors (Lipinski definition) is 3. The summed E-state index contributed by atoms with van der Waals surface area (Å²) < 4.78 is 0. The van der Waals surface area contributed by atoms with Gasteiger partial charge in [-0.1, -0.05) is 78.1 Å². The second kappa shape index (κ2) is 14.7. The first kappa shape index (κ1) is 23.4. The molecule has 1 unspecified atom stereocenters. The van der Waals surface area contributed by atoms with Crippen LogP contribution in [0.3, 0.4) is 0 Å². The SMILES string of the molecule is CCCCCCCCCCCC(CC)[C@](N)(CCCCN)C(=O)O. The van der Waals surface area contributed by atoms with Crippen LogP contribution in [0, 0.1) is 5.92 Å². The highest BCUT2D eigenvalue weighted by Crippen LogP contribution is 2.29. The van der Waals surface area contributed by atoms with E-state index in [2.05, 4.69) is 13.8 Å². The molecule has 144 valence electrons. The second-order valence-corrected chi connectivity index (χ2v) is 7.31. The van der Waals surface area contributed by atoms with Crippen LogP contribution in [0.25, 0.3) is 0 Å². The number of rotatable bonds is 17. The van der Waals surface area contributed by atoms with Gasteiger partial charge in [0.05, 0.1) is 0 Å². The van der Waals surface area contributed by atoms with E-state index in [1.54, 1.807) is 0 Å². The van der Waals surface area contributed by atoms with Crippen LogP contribution in [0.4, 0.5) is 0 Å². The second-order valence-electron chi connectivity index (χ2n) is 7.31. The number of hydrogen-bond acceptors (Lipinski definition) is 3. The predicted molar refractivity (Wildman–Crippen MR) is 103 cm³/mol. The van der Waals surface area contributed by atoms with Crippen molar-refractivity contribution < 1.29 is 9.90 Å². The first-order valence-corrected chi connectivity index (χ1v) is 10.2. The maximum atomic E-state index is 11.7. The van der Waals surface area contributed by atoms with Crippen LogP contribution in [0.15, 0.2) is 0 Å². The molecule has 0 radical (unpaired) electrons. The fraction of sp³-hybridized carbons (Fsp3) is 0.950. The minimum atomic E-state index is -1.08. The van der Waals surface area contributed by atoms with E-state index in [9.17, 15) is 9.90 Å². The van der Waals surface area contributed by atoms with Gasteiger partial charge in [0.25, 0.3) is 0 Å². The molecule has 0 saturated carbocycles. The molecule has 0 aliphatic carbocycles. The summed E-state index contributed by atoms with van der Waals surface area (Å²) in [6.45, 7) is 4.91. The maximum Gasteiger partial charge on any atom is 0.323 e. The Kier molecular flexibility index (Phi) is 14.3. The third-order valence-corrected chi connectivity index (χ3v) is 5.32. The molecule has 0 aliphatic rings. The molecular formula is C20H42N2O2. The fourth-order valence-electron chi connectivity index (χ4n) is 3.57. The summed E-state index contributed by atoms with van der Waals surface area (Å²) >= 11 is 0. The lowest BCUT2D eigenvalue weighted by molar-refractivity contribution is -0.146. The summed E-state index contributed by atoms with van der Waals surface area (Å²) in [5.74, 6) is -0.778. The highest BCUT2D eigenvalue weighted by atomic mass is 16.4. The van der Waals surface area contributed by atoms with E-state index >= 15 is 0 Å². The summed E-state index contributed by atoms with van der Waals surface area (Å²) in [6, 6.07) is 0. The molecule has 0 aromatic rings. The monoisotopic (exact) mass is 342 g/mol. The molecule has 0 fully saturated rings. The lowest BCUT2D eigenvalue weighted by Gasteiger charge is -2.33. The zero-order valence-electron chi connectivity index (χ0n) is 16.2. The number of carboxylic acid groups (broad SMARTS) is 1. The van der Waals surface area contributed by atoms with Gasteiger partial charge in [-0.25, -0.2) is 0 Å². The molecule has 4 nitrogen and oxygen atoms in total. The van der Waals surface area contributed by atoms with Gasteiger partial charge < -0.3 is 16.6 Å². The molecule has 0 saturated heterocycles. The quantitative estimate of drug-likeness (QED) is 0.330. The Bertz CT molecular complexity index is 310. The van der Waals surface area contributed by atoms with Crippen molar-refractivity contribution in [3.8, 4) is 0 Å². The van der Waals surface area contributed by atoms with Crippen molar-refractivity contribution in [1.82, 2.24) is 0 Å². The summed E-state index contributed by atoms with van der Waals surface area (Å²) in [5.41, 5.74) is 10.7. The molecule has 0 heterocycles. The highest BCUT2D eigenvalue weighted by molar-refractivity contribution is 5.78. The van der Waals surface area contributed by atoms with Gasteiger partial charge in [0.15, 0.2) is 0 Å². The Morgan fingerprint density at radius 3 is 1.92 bits per heavy atom. The van der Waals surface area contributed by atoms with Crippen molar-refractivity contribution >= 4 is 5.97 Å². The Morgan fingerprint density at radius 1 is 0.917 bits per heavy atom. The zero-order valence-corrected chi connectivity index (χ0v) is 16.2.